The van der Waals surface area contributed by atoms with Gasteiger partial charge in [-0.25, -0.2) is 9.38 Å². The maximum absolute atomic E-state index is 14.7. The van der Waals surface area contributed by atoms with Gasteiger partial charge in [0, 0.05) is 24.8 Å². The predicted octanol–water partition coefficient (Wildman–Crippen LogP) is 3.07. The zero-order valence-electron chi connectivity index (χ0n) is 15.4. The van der Waals surface area contributed by atoms with E-state index in [1.54, 1.807) is 40.0 Å². The van der Waals surface area contributed by atoms with Gasteiger partial charge in [0.2, 0.25) is 5.91 Å². The second-order valence-electron chi connectivity index (χ2n) is 7.88. The maximum atomic E-state index is 14.7. The summed E-state index contributed by atoms with van der Waals surface area (Å²) in [6, 6.07) is 4.93. The fraction of sp³-hybridized carbons (Fsp3) is 0.579. The number of rotatable bonds is 5. The van der Waals surface area contributed by atoms with Gasteiger partial charge in [-0.05, 0) is 51.3 Å². The first-order chi connectivity index (χ1) is 11.7. The highest BCUT2D eigenvalue weighted by atomic mass is 19.1. The molecule has 25 heavy (non-hydrogen) atoms. The van der Waals surface area contributed by atoms with Gasteiger partial charge in [0.25, 0.3) is 0 Å². The lowest BCUT2D eigenvalue weighted by Gasteiger charge is -2.46. The standard InChI is InChI=1S/C19H27FN4O/c1-18(2)16(25)24(4)17(21)23-19(18,3)14-11-13(7-8-15(14)20)22-10-9-12-5-6-12/h7-8,11-12,22H,5-6,9-10H2,1-4H3,(H2,21,23)/t19-/m1/s1. The molecule has 0 saturated heterocycles. The SMILES string of the molecule is CN1C(=O)C(C)(C)[C@@](C)(c2cc(NCCC3CC3)ccc2F)N=C1N. The van der Waals surface area contributed by atoms with Crippen LogP contribution < -0.4 is 11.1 Å². The fourth-order valence-corrected chi connectivity index (χ4v) is 3.41. The second-order valence-corrected chi connectivity index (χ2v) is 7.88. The molecule has 1 aromatic carbocycles. The normalized spacial score (nSPS) is 25.7. The number of guanidine groups is 1. The predicted molar refractivity (Wildman–Crippen MR) is 97.8 cm³/mol. The molecule has 0 radical (unpaired) electrons. The van der Waals surface area contributed by atoms with Crippen LogP contribution in [0.4, 0.5) is 10.1 Å². The zero-order valence-corrected chi connectivity index (χ0v) is 15.4. The Labute approximate surface area is 148 Å². The van der Waals surface area contributed by atoms with Gasteiger partial charge in [-0.2, -0.15) is 0 Å². The van der Waals surface area contributed by atoms with Crippen molar-refractivity contribution in [3.63, 3.8) is 0 Å². The molecule has 0 spiro atoms. The minimum absolute atomic E-state index is 0.110. The first-order valence-electron chi connectivity index (χ1n) is 8.84. The third kappa shape index (κ3) is 2.98. The number of nitrogens with one attached hydrogen (secondary N) is 1. The molecule has 3 rings (SSSR count). The van der Waals surface area contributed by atoms with E-state index in [0.29, 0.717) is 5.56 Å². The molecule has 1 heterocycles. The summed E-state index contributed by atoms with van der Waals surface area (Å²) in [5.74, 6) is 0.393. The number of hydrogen-bond acceptors (Lipinski definition) is 4. The summed E-state index contributed by atoms with van der Waals surface area (Å²) in [6.45, 7) is 6.21. The molecule has 1 saturated carbocycles. The Morgan fingerprint density at radius 3 is 2.68 bits per heavy atom. The van der Waals surface area contributed by atoms with Crippen molar-refractivity contribution in [2.75, 3.05) is 18.9 Å². The molecule has 0 unspecified atom stereocenters. The summed E-state index contributed by atoms with van der Waals surface area (Å²) in [5.41, 5.74) is 5.17. The minimum atomic E-state index is -1.07. The molecule has 1 atom stereocenters. The first-order valence-corrected chi connectivity index (χ1v) is 8.84. The molecule has 1 aliphatic heterocycles. The van der Waals surface area contributed by atoms with Crippen LogP contribution in [0, 0.1) is 17.2 Å². The van der Waals surface area contributed by atoms with Crippen molar-refractivity contribution in [1.29, 1.82) is 0 Å². The number of nitrogens with zero attached hydrogens (tertiary/aromatic N) is 2. The highest BCUT2D eigenvalue weighted by Crippen LogP contribution is 2.47. The van der Waals surface area contributed by atoms with Crippen molar-refractivity contribution < 1.29 is 9.18 Å². The van der Waals surface area contributed by atoms with Crippen LogP contribution in [0.15, 0.2) is 23.2 Å². The Morgan fingerprint density at radius 2 is 2.04 bits per heavy atom. The summed E-state index contributed by atoms with van der Waals surface area (Å²) in [6.07, 6.45) is 3.75. The van der Waals surface area contributed by atoms with Crippen molar-refractivity contribution in [1.82, 2.24) is 4.90 Å². The van der Waals surface area contributed by atoms with Crippen LogP contribution in [0.5, 0.6) is 0 Å². The van der Waals surface area contributed by atoms with Gasteiger partial charge in [-0.3, -0.25) is 9.69 Å². The molecule has 1 aromatic rings. The van der Waals surface area contributed by atoms with Crippen molar-refractivity contribution in [2.45, 2.75) is 45.6 Å². The third-order valence-corrected chi connectivity index (χ3v) is 5.81. The average molecular weight is 346 g/mol. The molecular weight excluding hydrogens is 319 g/mol. The van der Waals surface area contributed by atoms with Crippen LogP contribution in [0.2, 0.25) is 0 Å². The van der Waals surface area contributed by atoms with E-state index >= 15 is 0 Å². The summed E-state index contributed by atoms with van der Waals surface area (Å²) in [4.78, 5) is 18.6. The number of halogens is 1. The lowest BCUT2D eigenvalue weighted by atomic mass is 9.67. The Bertz CT molecular complexity index is 726. The highest BCUT2D eigenvalue weighted by molar-refractivity contribution is 6.01. The molecule has 1 aliphatic carbocycles. The van der Waals surface area contributed by atoms with E-state index in [4.69, 9.17) is 5.73 Å². The molecule has 1 fully saturated rings. The fourth-order valence-electron chi connectivity index (χ4n) is 3.41. The van der Waals surface area contributed by atoms with E-state index in [1.807, 2.05) is 0 Å². The number of hydrogen-bond donors (Lipinski definition) is 2. The van der Waals surface area contributed by atoms with Gasteiger partial charge < -0.3 is 11.1 Å². The number of benzene rings is 1. The van der Waals surface area contributed by atoms with Crippen LogP contribution in [0.25, 0.3) is 0 Å². The number of carbonyl (C=O) groups excluding carboxylic acids is 1. The van der Waals surface area contributed by atoms with Crippen molar-refractivity contribution in [3.05, 3.63) is 29.6 Å². The second kappa shape index (κ2) is 6.00. The largest absolute Gasteiger partial charge is 0.385 e. The topological polar surface area (TPSA) is 70.7 Å². The lowest BCUT2D eigenvalue weighted by molar-refractivity contribution is -0.140. The number of aliphatic imine (C=N–C) groups is 1. The average Bonchev–Trinajstić information content (AvgIpc) is 3.37. The molecule has 0 aromatic heterocycles. The Morgan fingerprint density at radius 1 is 1.36 bits per heavy atom. The van der Waals surface area contributed by atoms with Gasteiger partial charge in [0.15, 0.2) is 5.96 Å². The lowest BCUT2D eigenvalue weighted by Crippen LogP contribution is -2.58. The van der Waals surface area contributed by atoms with E-state index in [0.717, 1.165) is 24.6 Å². The van der Waals surface area contributed by atoms with Gasteiger partial charge in [0.05, 0.1) is 5.41 Å². The van der Waals surface area contributed by atoms with Gasteiger partial charge in [-0.1, -0.05) is 12.8 Å². The van der Waals surface area contributed by atoms with Gasteiger partial charge >= 0.3 is 0 Å². The van der Waals surface area contributed by atoms with E-state index in [9.17, 15) is 9.18 Å². The smallest absolute Gasteiger partial charge is 0.237 e. The molecular formula is C19H27FN4O. The Kier molecular flexibility index (Phi) is 4.25. The number of amides is 1. The molecule has 136 valence electrons. The van der Waals surface area contributed by atoms with E-state index < -0.39 is 11.0 Å². The molecule has 3 N–H and O–H groups in total. The van der Waals surface area contributed by atoms with Gasteiger partial charge in [-0.15, -0.1) is 0 Å². The van der Waals surface area contributed by atoms with Crippen molar-refractivity contribution in [2.24, 2.45) is 22.1 Å². The van der Waals surface area contributed by atoms with E-state index in [-0.39, 0.29) is 17.7 Å². The summed E-state index contributed by atoms with van der Waals surface area (Å²) >= 11 is 0. The van der Waals surface area contributed by atoms with Crippen LogP contribution in [0.1, 0.15) is 45.6 Å². The summed E-state index contributed by atoms with van der Waals surface area (Å²) in [5, 5.41) is 3.36. The van der Waals surface area contributed by atoms with Crippen LogP contribution >= 0.6 is 0 Å². The van der Waals surface area contributed by atoms with E-state index in [1.165, 1.54) is 23.8 Å². The van der Waals surface area contributed by atoms with Crippen molar-refractivity contribution in [3.8, 4) is 0 Å². The van der Waals surface area contributed by atoms with Crippen molar-refractivity contribution >= 4 is 17.6 Å². The summed E-state index contributed by atoms with van der Waals surface area (Å²) < 4.78 is 14.7. The zero-order chi connectivity index (χ0) is 18.4. The van der Waals surface area contributed by atoms with Crippen LogP contribution in [0.3, 0.4) is 0 Å². The molecule has 1 amide bonds. The third-order valence-electron chi connectivity index (χ3n) is 5.81. The first kappa shape index (κ1) is 17.7. The highest BCUT2D eigenvalue weighted by Gasteiger charge is 2.53. The molecule has 5 nitrogen and oxygen atoms in total. The quantitative estimate of drug-likeness (QED) is 0.861. The Hall–Kier alpha value is -2.11. The van der Waals surface area contributed by atoms with Crippen LogP contribution in [-0.2, 0) is 10.3 Å². The van der Waals surface area contributed by atoms with Crippen LogP contribution in [-0.4, -0.2) is 30.4 Å². The number of nitrogens with two attached hydrogens (primary N) is 1. The monoisotopic (exact) mass is 346 g/mol. The molecule has 2 aliphatic rings. The van der Waals surface area contributed by atoms with Gasteiger partial charge in [0.1, 0.15) is 11.4 Å². The minimum Gasteiger partial charge on any atom is -0.385 e. The molecule has 6 heteroatoms. The Balaban J connectivity index is 1.96. The van der Waals surface area contributed by atoms with E-state index in [2.05, 4.69) is 10.3 Å². The summed E-state index contributed by atoms with van der Waals surface area (Å²) in [7, 11) is 1.59. The number of anilines is 1. The maximum Gasteiger partial charge on any atom is 0.237 e. The molecule has 0 bridgehead atoms. The number of carbonyl (C=O) groups is 1.